The van der Waals surface area contributed by atoms with E-state index in [0.29, 0.717) is 0 Å². The Hall–Kier alpha value is -3.57. The van der Waals surface area contributed by atoms with Crippen LogP contribution in [-0.2, 0) is 27.4 Å². The second kappa shape index (κ2) is 11.3. The molecule has 1 unspecified atom stereocenters. The summed E-state index contributed by atoms with van der Waals surface area (Å²) in [5.74, 6) is -2.30. The molecule has 4 rings (SSSR count). The zero-order valence-electron chi connectivity index (χ0n) is 22.5. The number of carbonyl (C=O) groups is 3. The largest absolute Gasteiger partial charge is 0.374 e. The van der Waals surface area contributed by atoms with Crippen LogP contribution in [0.4, 0.5) is 13.6 Å². The molecule has 2 aliphatic heterocycles. The molecular weight excluding hydrogens is 508 g/mol. The lowest BCUT2D eigenvalue weighted by atomic mass is 9.87. The van der Waals surface area contributed by atoms with Gasteiger partial charge in [0.05, 0.1) is 24.3 Å². The Labute approximate surface area is 226 Å². The van der Waals surface area contributed by atoms with E-state index in [0.717, 1.165) is 11.6 Å². The van der Waals surface area contributed by atoms with Crippen molar-refractivity contribution >= 4 is 17.8 Å². The van der Waals surface area contributed by atoms with Gasteiger partial charge in [-0.2, -0.15) is 0 Å². The van der Waals surface area contributed by atoms with Crippen molar-refractivity contribution in [3.05, 3.63) is 71.3 Å². The third-order valence-electron chi connectivity index (χ3n) is 7.17. The van der Waals surface area contributed by atoms with Gasteiger partial charge >= 0.3 is 6.03 Å². The number of carbonyl (C=O) groups excluding carboxylic acids is 3. The van der Waals surface area contributed by atoms with E-state index in [9.17, 15) is 23.2 Å². The summed E-state index contributed by atoms with van der Waals surface area (Å²) in [6, 6.07) is 11.5. The number of piperazine rings is 1. The maximum absolute atomic E-state index is 14.7. The van der Waals surface area contributed by atoms with Crippen molar-refractivity contribution in [1.82, 2.24) is 20.0 Å². The number of hydrogen-bond donors (Lipinski definition) is 2. The van der Waals surface area contributed by atoms with E-state index >= 15 is 0 Å². The number of benzene rings is 2. The first kappa shape index (κ1) is 28.4. The summed E-state index contributed by atoms with van der Waals surface area (Å²) in [4.78, 5) is 44.2. The fraction of sp³-hybridized carbons (Fsp3) is 0.464. The van der Waals surface area contributed by atoms with Crippen LogP contribution in [0.5, 0.6) is 0 Å². The van der Waals surface area contributed by atoms with E-state index < -0.39 is 34.7 Å². The number of urea groups is 1. The predicted octanol–water partition coefficient (Wildman–Crippen LogP) is 1.89. The minimum atomic E-state index is -1.22. The van der Waals surface area contributed by atoms with Crippen molar-refractivity contribution in [2.75, 3.05) is 39.8 Å². The van der Waals surface area contributed by atoms with Crippen LogP contribution in [0.15, 0.2) is 48.5 Å². The van der Waals surface area contributed by atoms with Crippen LogP contribution >= 0.6 is 0 Å². The first-order valence-corrected chi connectivity index (χ1v) is 12.9. The summed E-state index contributed by atoms with van der Waals surface area (Å²) >= 11 is 0. The zero-order chi connectivity index (χ0) is 28.4. The van der Waals surface area contributed by atoms with Gasteiger partial charge in [0.15, 0.2) is 0 Å². The quantitative estimate of drug-likeness (QED) is 0.502. The molecule has 0 spiro atoms. The van der Waals surface area contributed by atoms with Gasteiger partial charge in [-0.25, -0.2) is 13.6 Å². The lowest BCUT2D eigenvalue weighted by Crippen LogP contribution is -2.66. The molecule has 9 nitrogen and oxygen atoms in total. The maximum Gasteiger partial charge on any atom is 0.320 e. The number of hydrogen-bond acceptors (Lipinski definition) is 5. The highest BCUT2D eigenvalue weighted by atomic mass is 19.1. The number of amides is 4. The van der Waals surface area contributed by atoms with Crippen LogP contribution in [0.25, 0.3) is 0 Å². The molecule has 2 saturated heterocycles. The first-order chi connectivity index (χ1) is 18.4. The lowest BCUT2D eigenvalue weighted by Gasteiger charge is -2.46. The number of nitrogens with one attached hydrogen (secondary N) is 1. The normalized spacial score (nSPS) is 20.2. The summed E-state index contributed by atoms with van der Waals surface area (Å²) in [6.45, 7) is 4.05. The number of nitrogens with zero attached hydrogens (tertiary/aromatic N) is 3. The van der Waals surface area contributed by atoms with Gasteiger partial charge in [0.25, 0.3) is 0 Å². The fourth-order valence-corrected chi connectivity index (χ4v) is 5.15. The van der Waals surface area contributed by atoms with E-state index in [2.05, 4.69) is 5.32 Å². The van der Waals surface area contributed by atoms with E-state index in [1.807, 2.05) is 30.3 Å². The molecule has 0 saturated carbocycles. The van der Waals surface area contributed by atoms with Crippen LogP contribution in [0.3, 0.4) is 0 Å². The van der Waals surface area contributed by atoms with Gasteiger partial charge in [0, 0.05) is 45.7 Å². The molecule has 11 heteroatoms. The summed E-state index contributed by atoms with van der Waals surface area (Å²) in [5, 5.41) is 2.72. The van der Waals surface area contributed by atoms with Gasteiger partial charge in [0.2, 0.25) is 11.8 Å². The SMILES string of the molecule is CN1C[C@]2(Cc3ccc(F)cc3F)CN(C(=O)C(COCc3ccccc3)NC(=O)C(C)(C)N)CCN2C1=O. The highest BCUT2D eigenvalue weighted by Crippen LogP contribution is 2.34. The third-order valence-corrected chi connectivity index (χ3v) is 7.17. The molecule has 4 amide bonds. The zero-order valence-corrected chi connectivity index (χ0v) is 22.5. The van der Waals surface area contributed by atoms with Crippen molar-refractivity contribution in [3.8, 4) is 0 Å². The summed E-state index contributed by atoms with van der Waals surface area (Å²) < 4.78 is 34.0. The second-order valence-corrected chi connectivity index (χ2v) is 10.9. The minimum absolute atomic E-state index is 0.0891. The Morgan fingerprint density at radius 3 is 2.51 bits per heavy atom. The summed E-state index contributed by atoms with van der Waals surface area (Å²) in [7, 11) is 1.65. The van der Waals surface area contributed by atoms with Crippen molar-refractivity contribution in [2.45, 2.75) is 44.0 Å². The molecule has 2 aromatic rings. The van der Waals surface area contributed by atoms with Gasteiger partial charge < -0.3 is 30.5 Å². The molecule has 0 aliphatic carbocycles. The average molecular weight is 544 g/mol. The van der Waals surface area contributed by atoms with E-state index in [4.69, 9.17) is 10.5 Å². The van der Waals surface area contributed by atoms with Crippen LogP contribution < -0.4 is 11.1 Å². The Bertz CT molecular complexity index is 1220. The summed E-state index contributed by atoms with van der Waals surface area (Å²) in [6.07, 6.45) is 0.0936. The molecule has 0 radical (unpaired) electrons. The number of fused-ring (bicyclic) bond motifs is 1. The molecule has 2 fully saturated rings. The van der Waals surface area contributed by atoms with Gasteiger partial charge in [-0.3, -0.25) is 9.59 Å². The van der Waals surface area contributed by atoms with E-state index in [-0.39, 0.29) is 63.3 Å². The number of rotatable bonds is 9. The molecule has 2 aliphatic rings. The molecule has 0 aromatic heterocycles. The van der Waals surface area contributed by atoms with Gasteiger partial charge in [-0.05, 0) is 31.0 Å². The monoisotopic (exact) mass is 543 g/mol. The minimum Gasteiger partial charge on any atom is -0.374 e. The molecule has 2 aromatic carbocycles. The smallest absolute Gasteiger partial charge is 0.320 e. The van der Waals surface area contributed by atoms with Crippen LogP contribution in [0.1, 0.15) is 25.0 Å². The topological polar surface area (TPSA) is 108 Å². The summed E-state index contributed by atoms with van der Waals surface area (Å²) in [5.41, 5.74) is 4.98. The first-order valence-electron chi connectivity index (χ1n) is 12.9. The van der Waals surface area contributed by atoms with Crippen LogP contribution in [-0.4, -0.2) is 89.5 Å². The fourth-order valence-electron chi connectivity index (χ4n) is 5.15. The lowest BCUT2D eigenvalue weighted by molar-refractivity contribution is -0.142. The second-order valence-electron chi connectivity index (χ2n) is 10.9. The molecule has 39 heavy (non-hydrogen) atoms. The Kier molecular flexibility index (Phi) is 8.22. The average Bonchev–Trinajstić information content (AvgIpc) is 3.13. The number of likely N-dealkylation sites (N-methyl/N-ethyl adjacent to an activating group) is 1. The van der Waals surface area contributed by atoms with Gasteiger partial charge in [-0.1, -0.05) is 36.4 Å². The maximum atomic E-state index is 14.7. The molecule has 210 valence electrons. The molecule has 0 bridgehead atoms. The highest BCUT2D eigenvalue weighted by Gasteiger charge is 2.53. The van der Waals surface area contributed by atoms with Crippen molar-refractivity contribution in [3.63, 3.8) is 0 Å². The molecule has 2 heterocycles. The van der Waals surface area contributed by atoms with Gasteiger partial charge in [0.1, 0.15) is 17.7 Å². The predicted molar refractivity (Wildman–Crippen MR) is 140 cm³/mol. The number of halogens is 2. The van der Waals surface area contributed by atoms with Gasteiger partial charge in [-0.15, -0.1) is 0 Å². The van der Waals surface area contributed by atoms with Crippen LogP contribution in [0.2, 0.25) is 0 Å². The van der Waals surface area contributed by atoms with Crippen molar-refractivity contribution in [2.24, 2.45) is 5.73 Å². The van der Waals surface area contributed by atoms with Crippen LogP contribution in [0, 0.1) is 11.6 Å². The van der Waals surface area contributed by atoms with Crippen molar-refractivity contribution < 1.29 is 27.9 Å². The highest BCUT2D eigenvalue weighted by molar-refractivity contribution is 5.92. The Morgan fingerprint density at radius 2 is 1.85 bits per heavy atom. The Morgan fingerprint density at radius 1 is 1.13 bits per heavy atom. The number of nitrogens with two attached hydrogens (primary N) is 1. The van der Waals surface area contributed by atoms with E-state index in [1.54, 1.807) is 30.7 Å². The number of ether oxygens (including phenoxy) is 1. The Balaban J connectivity index is 1.55. The molecular formula is C28H35F2N5O4. The van der Waals surface area contributed by atoms with E-state index in [1.165, 1.54) is 17.0 Å². The molecule has 3 N–H and O–H groups in total. The third kappa shape index (κ3) is 6.36. The standard InChI is InChI=1S/C28H35F2N5O4/c1-27(2,31)25(37)32-23(16-39-15-19-7-5-4-6-8-19)24(36)34-11-12-35-26(38)33(3)17-28(35,18-34)14-20-9-10-21(29)13-22(20)30/h4-10,13,23H,11-12,14-18,31H2,1-3H3,(H,32,37)/t23?,28-/m1/s1. The molecule has 2 atom stereocenters. The van der Waals surface area contributed by atoms with Crippen molar-refractivity contribution in [1.29, 1.82) is 0 Å².